The summed E-state index contributed by atoms with van der Waals surface area (Å²) in [5.74, 6) is -0.326. The maximum absolute atomic E-state index is 12.1. The van der Waals surface area contributed by atoms with E-state index < -0.39 is 17.7 Å². The Kier molecular flexibility index (Phi) is 4.80. The molecule has 1 heterocycles. The lowest BCUT2D eigenvalue weighted by atomic mass is 9.95. The molecular weight excluding hydrogens is 268 g/mol. The Labute approximate surface area is 125 Å². The van der Waals surface area contributed by atoms with Gasteiger partial charge in [0, 0.05) is 0 Å². The van der Waals surface area contributed by atoms with E-state index in [0.717, 1.165) is 5.56 Å². The highest BCUT2D eigenvalue weighted by Gasteiger charge is 2.47. The zero-order valence-electron chi connectivity index (χ0n) is 12.7. The predicted octanol–water partition coefficient (Wildman–Crippen LogP) is 2.42. The Bertz CT molecular complexity index is 509. The van der Waals surface area contributed by atoms with Crippen LogP contribution < -0.4 is 0 Å². The first-order valence-electron chi connectivity index (χ1n) is 7.20. The summed E-state index contributed by atoms with van der Waals surface area (Å²) in [6, 6.07) is 9.57. The third-order valence-electron chi connectivity index (χ3n) is 3.79. The smallest absolute Gasteiger partial charge is 0.341 e. The predicted molar refractivity (Wildman–Crippen MR) is 80.6 cm³/mol. The average Bonchev–Trinajstić information content (AvgIpc) is 2.48. The number of cyclic esters (lactones) is 1. The molecule has 1 N–H and O–H groups in total. The van der Waals surface area contributed by atoms with Gasteiger partial charge in [0.25, 0.3) is 0 Å². The van der Waals surface area contributed by atoms with E-state index in [1.165, 1.54) is 0 Å². The molecule has 1 saturated heterocycles. The number of carbonyl (C=O) groups is 1. The first-order chi connectivity index (χ1) is 9.93. The van der Waals surface area contributed by atoms with Gasteiger partial charge in [-0.25, -0.2) is 4.79 Å². The van der Waals surface area contributed by atoms with Gasteiger partial charge in [0.1, 0.15) is 12.2 Å². The van der Waals surface area contributed by atoms with Crippen molar-refractivity contribution in [3.8, 4) is 0 Å². The second-order valence-electron chi connectivity index (χ2n) is 5.82. The lowest BCUT2D eigenvalue weighted by molar-refractivity contribution is -0.220. The van der Waals surface area contributed by atoms with Crippen LogP contribution in [-0.2, 0) is 14.3 Å². The van der Waals surface area contributed by atoms with Gasteiger partial charge in [0.05, 0.1) is 6.61 Å². The summed E-state index contributed by atoms with van der Waals surface area (Å²) in [5.41, 5.74) is -0.402. The van der Waals surface area contributed by atoms with E-state index in [1.54, 1.807) is 19.1 Å². The van der Waals surface area contributed by atoms with Crippen molar-refractivity contribution in [2.24, 2.45) is 5.92 Å². The first-order valence-corrected chi connectivity index (χ1v) is 7.20. The maximum Gasteiger partial charge on any atom is 0.341 e. The van der Waals surface area contributed by atoms with Gasteiger partial charge in [-0.1, -0.05) is 56.3 Å². The Hall–Kier alpha value is -1.65. The molecule has 0 amide bonds. The molecule has 1 fully saturated rings. The minimum absolute atomic E-state index is 0.190. The molecule has 1 aromatic rings. The van der Waals surface area contributed by atoms with Crippen molar-refractivity contribution in [1.29, 1.82) is 0 Å². The molecule has 1 aliphatic rings. The number of hydrogen-bond donors (Lipinski definition) is 1. The molecule has 0 spiro atoms. The van der Waals surface area contributed by atoms with Crippen LogP contribution in [0.5, 0.6) is 0 Å². The van der Waals surface area contributed by atoms with E-state index in [2.05, 4.69) is 0 Å². The molecule has 0 aromatic heterocycles. The molecular formula is C17H22O4. The second kappa shape index (κ2) is 6.41. The third-order valence-corrected chi connectivity index (χ3v) is 3.79. The number of esters is 1. The lowest BCUT2D eigenvalue weighted by Gasteiger charge is -2.39. The summed E-state index contributed by atoms with van der Waals surface area (Å²) in [7, 11) is 0. The number of aliphatic hydroxyl groups is 1. The first kappa shape index (κ1) is 15.7. The average molecular weight is 290 g/mol. The van der Waals surface area contributed by atoms with Crippen molar-refractivity contribution in [2.45, 2.75) is 38.6 Å². The van der Waals surface area contributed by atoms with E-state index in [4.69, 9.17) is 9.47 Å². The molecule has 3 atom stereocenters. The van der Waals surface area contributed by atoms with Crippen LogP contribution >= 0.6 is 0 Å². The normalized spacial score (nSPS) is 27.9. The fraction of sp³-hybridized carbons (Fsp3) is 0.471. The van der Waals surface area contributed by atoms with Crippen LogP contribution in [0.1, 0.15) is 26.3 Å². The topological polar surface area (TPSA) is 55.8 Å². The largest absolute Gasteiger partial charge is 0.457 e. The van der Waals surface area contributed by atoms with Gasteiger partial charge in [-0.3, -0.25) is 0 Å². The summed E-state index contributed by atoms with van der Waals surface area (Å²) < 4.78 is 11.0. The van der Waals surface area contributed by atoms with Crippen molar-refractivity contribution in [3.05, 3.63) is 42.0 Å². The molecule has 2 rings (SSSR count). The van der Waals surface area contributed by atoms with Crippen molar-refractivity contribution >= 4 is 12.0 Å². The van der Waals surface area contributed by atoms with Gasteiger partial charge in [-0.05, 0) is 18.4 Å². The van der Waals surface area contributed by atoms with Crippen LogP contribution in [0, 0.1) is 5.92 Å². The monoisotopic (exact) mass is 290 g/mol. The molecule has 4 heteroatoms. The third kappa shape index (κ3) is 3.52. The molecule has 0 saturated carbocycles. The number of rotatable bonds is 4. The van der Waals surface area contributed by atoms with Crippen LogP contribution in [0.25, 0.3) is 6.08 Å². The van der Waals surface area contributed by atoms with E-state index >= 15 is 0 Å². The number of aliphatic hydroxyl groups excluding tert-OH is 1. The summed E-state index contributed by atoms with van der Waals surface area (Å²) >= 11 is 0. The highest BCUT2D eigenvalue weighted by atomic mass is 16.6. The van der Waals surface area contributed by atoms with Crippen molar-refractivity contribution in [2.75, 3.05) is 6.61 Å². The quantitative estimate of drug-likeness (QED) is 0.865. The van der Waals surface area contributed by atoms with Gasteiger partial charge in [-0.15, -0.1) is 0 Å². The molecule has 4 nitrogen and oxygen atoms in total. The SMILES string of the molecule is CC(C)C1COC(C)(C(O)/C=C/c2ccccc2)C(=O)O1. The van der Waals surface area contributed by atoms with Crippen LogP contribution in [0.2, 0.25) is 0 Å². The number of carbonyl (C=O) groups excluding carboxylic acids is 1. The Morgan fingerprint density at radius 3 is 2.57 bits per heavy atom. The molecule has 3 unspecified atom stereocenters. The van der Waals surface area contributed by atoms with E-state index in [-0.39, 0.29) is 12.0 Å². The summed E-state index contributed by atoms with van der Waals surface area (Å²) in [6.07, 6.45) is 2.02. The number of benzene rings is 1. The minimum atomic E-state index is -1.35. The fourth-order valence-electron chi connectivity index (χ4n) is 2.09. The lowest BCUT2D eigenvalue weighted by Crippen LogP contribution is -2.56. The van der Waals surface area contributed by atoms with Gasteiger partial charge >= 0.3 is 5.97 Å². The zero-order valence-corrected chi connectivity index (χ0v) is 12.7. The van der Waals surface area contributed by atoms with Gasteiger partial charge in [0.2, 0.25) is 0 Å². The summed E-state index contributed by atoms with van der Waals surface area (Å²) in [4.78, 5) is 12.1. The minimum Gasteiger partial charge on any atom is -0.457 e. The summed E-state index contributed by atoms with van der Waals surface area (Å²) in [6.45, 7) is 5.80. The van der Waals surface area contributed by atoms with E-state index in [9.17, 15) is 9.90 Å². The molecule has 1 aromatic carbocycles. The molecule has 21 heavy (non-hydrogen) atoms. The molecule has 0 radical (unpaired) electrons. The van der Waals surface area contributed by atoms with Crippen molar-refractivity contribution in [1.82, 2.24) is 0 Å². The molecule has 114 valence electrons. The number of ether oxygens (including phenoxy) is 2. The van der Waals surface area contributed by atoms with Crippen LogP contribution in [0.15, 0.2) is 36.4 Å². The Morgan fingerprint density at radius 1 is 1.33 bits per heavy atom. The van der Waals surface area contributed by atoms with E-state index in [1.807, 2.05) is 44.2 Å². The fourth-order valence-corrected chi connectivity index (χ4v) is 2.09. The highest BCUT2D eigenvalue weighted by Crippen LogP contribution is 2.27. The van der Waals surface area contributed by atoms with Gasteiger partial charge in [0.15, 0.2) is 5.60 Å². The second-order valence-corrected chi connectivity index (χ2v) is 5.82. The standard InChI is InChI=1S/C17H22O4/c1-12(2)14-11-20-17(3,16(19)21-14)15(18)10-9-13-7-5-4-6-8-13/h4-10,12,14-15,18H,11H2,1-3H3/b10-9+. The molecule has 0 bridgehead atoms. The molecule has 1 aliphatic heterocycles. The zero-order chi connectivity index (χ0) is 15.5. The maximum atomic E-state index is 12.1. The van der Waals surface area contributed by atoms with E-state index in [0.29, 0.717) is 6.61 Å². The number of hydrogen-bond acceptors (Lipinski definition) is 4. The van der Waals surface area contributed by atoms with Gasteiger partial charge < -0.3 is 14.6 Å². The van der Waals surface area contributed by atoms with Crippen molar-refractivity contribution < 1.29 is 19.4 Å². The van der Waals surface area contributed by atoms with Crippen molar-refractivity contribution in [3.63, 3.8) is 0 Å². The summed E-state index contributed by atoms with van der Waals surface area (Å²) in [5, 5.41) is 10.3. The Balaban J connectivity index is 2.06. The van der Waals surface area contributed by atoms with Crippen LogP contribution in [0.3, 0.4) is 0 Å². The molecule has 0 aliphatic carbocycles. The van der Waals surface area contributed by atoms with Crippen LogP contribution in [0.4, 0.5) is 0 Å². The van der Waals surface area contributed by atoms with Crippen LogP contribution in [-0.4, -0.2) is 35.5 Å². The van der Waals surface area contributed by atoms with Gasteiger partial charge in [-0.2, -0.15) is 0 Å². The highest BCUT2D eigenvalue weighted by molar-refractivity contribution is 5.81. The Morgan fingerprint density at radius 2 is 2.00 bits per heavy atom.